The van der Waals surface area contributed by atoms with Crippen LogP contribution >= 0.6 is 11.6 Å². The molecule has 0 fully saturated rings. The highest BCUT2D eigenvalue weighted by molar-refractivity contribution is 6.33. The predicted octanol–water partition coefficient (Wildman–Crippen LogP) is 1.77. The lowest BCUT2D eigenvalue weighted by Crippen LogP contribution is -2.02. The van der Waals surface area contributed by atoms with Crippen molar-refractivity contribution in [3.63, 3.8) is 0 Å². The molecule has 0 aliphatic carbocycles. The molecule has 2 N–H and O–H groups in total. The van der Waals surface area contributed by atoms with E-state index in [0.717, 1.165) is 0 Å². The largest absolute Gasteiger partial charge is 0.477 e. The maximum atomic E-state index is 10.9. The van der Waals surface area contributed by atoms with Gasteiger partial charge in [-0.25, -0.2) is 19.7 Å². The highest BCUT2D eigenvalue weighted by Gasteiger charge is 2.12. The Morgan fingerprint density at radius 3 is 2.89 bits per heavy atom. The number of rotatable bonds is 2. The molecule has 3 aromatic rings. The summed E-state index contributed by atoms with van der Waals surface area (Å²) in [7, 11) is 0. The van der Waals surface area contributed by atoms with Gasteiger partial charge in [-0.05, 0) is 12.1 Å². The van der Waals surface area contributed by atoms with Crippen molar-refractivity contribution in [2.24, 2.45) is 0 Å². The molecule has 7 nitrogen and oxygen atoms in total. The molecule has 0 spiro atoms. The van der Waals surface area contributed by atoms with Gasteiger partial charge in [0.15, 0.2) is 11.0 Å². The van der Waals surface area contributed by atoms with Gasteiger partial charge < -0.3 is 5.11 Å². The van der Waals surface area contributed by atoms with E-state index in [1.807, 2.05) is 0 Å². The fourth-order valence-corrected chi connectivity index (χ4v) is 1.82. The number of pyridine rings is 1. The summed E-state index contributed by atoms with van der Waals surface area (Å²) in [6.07, 6.45) is 1.51. The Morgan fingerprint density at radius 2 is 2.11 bits per heavy atom. The van der Waals surface area contributed by atoms with Gasteiger partial charge in [0.25, 0.3) is 0 Å². The van der Waals surface area contributed by atoms with E-state index in [1.165, 1.54) is 12.3 Å². The molecular formula is C11H6ClN5O2. The first-order valence-electron chi connectivity index (χ1n) is 5.22. The molecule has 0 aromatic carbocycles. The lowest BCUT2D eigenvalue weighted by molar-refractivity contribution is 0.0690. The molecular weight excluding hydrogens is 270 g/mol. The van der Waals surface area contributed by atoms with Gasteiger partial charge in [0, 0.05) is 0 Å². The van der Waals surface area contributed by atoms with Crippen LogP contribution in [0.2, 0.25) is 5.15 Å². The molecule has 0 unspecified atom stereocenters. The molecule has 0 amide bonds. The van der Waals surface area contributed by atoms with Crippen LogP contribution < -0.4 is 0 Å². The zero-order chi connectivity index (χ0) is 13.4. The minimum absolute atomic E-state index is 0.0792. The second-order valence-corrected chi connectivity index (χ2v) is 4.04. The number of fused-ring (bicyclic) bond motifs is 1. The fraction of sp³-hybridized carbons (Fsp3) is 0. The highest BCUT2D eigenvalue weighted by atomic mass is 35.5. The van der Waals surface area contributed by atoms with E-state index < -0.39 is 5.97 Å². The number of nitrogens with zero attached hydrogens (tertiary/aromatic N) is 4. The molecule has 0 saturated heterocycles. The number of aromatic carboxylic acids is 1. The van der Waals surface area contributed by atoms with E-state index >= 15 is 0 Å². The summed E-state index contributed by atoms with van der Waals surface area (Å²) in [5.41, 5.74) is 1.33. The van der Waals surface area contributed by atoms with E-state index in [2.05, 4.69) is 25.1 Å². The quantitative estimate of drug-likeness (QED) is 0.691. The van der Waals surface area contributed by atoms with Crippen molar-refractivity contribution in [2.45, 2.75) is 0 Å². The Morgan fingerprint density at radius 1 is 1.26 bits per heavy atom. The van der Waals surface area contributed by atoms with E-state index in [4.69, 9.17) is 16.7 Å². The third-order valence-electron chi connectivity index (χ3n) is 2.45. The van der Waals surface area contributed by atoms with Gasteiger partial charge >= 0.3 is 5.97 Å². The van der Waals surface area contributed by atoms with E-state index in [0.29, 0.717) is 16.7 Å². The molecule has 19 heavy (non-hydrogen) atoms. The van der Waals surface area contributed by atoms with Gasteiger partial charge in [-0.15, -0.1) is 0 Å². The van der Waals surface area contributed by atoms with Gasteiger partial charge in [0.2, 0.25) is 0 Å². The lowest BCUT2D eigenvalue weighted by atomic mass is 10.3. The number of carbonyl (C=O) groups is 1. The van der Waals surface area contributed by atoms with Crippen molar-refractivity contribution in [3.05, 3.63) is 35.2 Å². The third-order valence-corrected chi connectivity index (χ3v) is 2.73. The molecule has 0 saturated carbocycles. The Hall–Kier alpha value is -2.54. The van der Waals surface area contributed by atoms with Gasteiger partial charge in [0.1, 0.15) is 22.4 Å². The van der Waals surface area contributed by atoms with Gasteiger partial charge in [-0.1, -0.05) is 17.7 Å². The summed E-state index contributed by atoms with van der Waals surface area (Å²) in [4.78, 5) is 23.1. The highest BCUT2D eigenvalue weighted by Crippen LogP contribution is 2.21. The van der Waals surface area contributed by atoms with Gasteiger partial charge in [-0.3, -0.25) is 5.10 Å². The SMILES string of the molecule is O=C(O)c1cccc(-c2nc(Cl)c3[nH]ncc3n2)n1. The Kier molecular flexibility index (Phi) is 2.60. The topological polar surface area (TPSA) is 105 Å². The van der Waals surface area contributed by atoms with Crippen LogP contribution in [-0.2, 0) is 0 Å². The van der Waals surface area contributed by atoms with Crippen molar-refractivity contribution in [1.82, 2.24) is 25.1 Å². The summed E-state index contributed by atoms with van der Waals surface area (Å²) in [5, 5.41) is 15.6. The number of H-pyrrole nitrogens is 1. The Labute approximate surface area is 111 Å². The monoisotopic (exact) mass is 275 g/mol. The van der Waals surface area contributed by atoms with Crippen molar-refractivity contribution >= 4 is 28.6 Å². The van der Waals surface area contributed by atoms with E-state index in [1.54, 1.807) is 12.1 Å². The number of aromatic amines is 1. The lowest BCUT2D eigenvalue weighted by Gasteiger charge is -2.01. The fourth-order valence-electron chi connectivity index (χ4n) is 1.60. The summed E-state index contributed by atoms with van der Waals surface area (Å²) in [6.45, 7) is 0. The van der Waals surface area contributed by atoms with Crippen LogP contribution in [0.5, 0.6) is 0 Å². The van der Waals surface area contributed by atoms with Crippen LogP contribution in [0.25, 0.3) is 22.6 Å². The molecule has 3 aromatic heterocycles. The standard InChI is InChI=1S/C11H6ClN5O2/c12-9-8-7(4-13-17-8)15-10(16-9)5-2-1-3-6(14-5)11(18)19/h1-4H,(H,13,17)(H,18,19). The van der Waals surface area contributed by atoms with Crippen molar-refractivity contribution in [3.8, 4) is 11.5 Å². The second kappa shape index (κ2) is 4.29. The van der Waals surface area contributed by atoms with E-state index in [9.17, 15) is 4.79 Å². The average molecular weight is 276 g/mol. The van der Waals surface area contributed by atoms with Gasteiger partial charge in [0.05, 0.1) is 6.20 Å². The molecule has 0 radical (unpaired) electrons. The Balaban J connectivity index is 2.18. The van der Waals surface area contributed by atoms with Crippen LogP contribution in [0.4, 0.5) is 0 Å². The van der Waals surface area contributed by atoms with Crippen LogP contribution in [0, 0.1) is 0 Å². The van der Waals surface area contributed by atoms with Crippen molar-refractivity contribution in [2.75, 3.05) is 0 Å². The molecule has 0 atom stereocenters. The maximum absolute atomic E-state index is 10.9. The summed E-state index contributed by atoms with van der Waals surface area (Å²) in [6, 6.07) is 4.58. The van der Waals surface area contributed by atoms with Crippen LogP contribution in [-0.4, -0.2) is 36.2 Å². The number of carboxylic acids is 1. The summed E-state index contributed by atoms with van der Waals surface area (Å²) < 4.78 is 0. The van der Waals surface area contributed by atoms with Crippen LogP contribution in [0.1, 0.15) is 10.5 Å². The Bertz CT molecular complexity index is 786. The molecule has 3 heterocycles. The first-order valence-corrected chi connectivity index (χ1v) is 5.60. The van der Waals surface area contributed by atoms with Gasteiger partial charge in [-0.2, -0.15) is 5.10 Å². The normalized spacial score (nSPS) is 10.8. The number of halogens is 1. The number of nitrogens with one attached hydrogen (secondary N) is 1. The first-order chi connectivity index (χ1) is 9.15. The third kappa shape index (κ3) is 2.00. The molecule has 3 rings (SSSR count). The first kappa shape index (κ1) is 11.5. The number of aromatic nitrogens is 5. The predicted molar refractivity (Wildman–Crippen MR) is 66.9 cm³/mol. The van der Waals surface area contributed by atoms with Crippen LogP contribution in [0.15, 0.2) is 24.4 Å². The average Bonchev–Trinajstić information content (AvgIpc) is 2.87. The number of carboxylic acid groups (broad SMARTS) is 1. The molecule has 8 heteroatoms. The summed E-state index contributed by atoms with van der Waals surface area (Å²) in [5.74, 6) is -0.862. The number of hydrogen-bond acceptors (Lipinski definition) is 5. The van der Waals surface area contributed by atoms with E-state index in [-0.39, 0.29) is 16.7 Å². The van der Waals surface area contributed by atoms with Crippen LogP contribution in [0.3, 0.4) is 0 Å². The maximum Gasteiger partial charge on any atom is 0.354 e. The molecule has 0 bridgehead atoms. The zero-order valence-corrected chi connectivity index (χ0v) is 10.1. The van der Waals surface area contributed by atoms with Crippen molar-refractivity contribution < 1.29 is 9.90 Å². The van der Waals surface area contributed by atoms with Crippen molar-refractivity contribution in [1.29, 1.82) is 0 Å². The zero-order valence-electron chi connectivity index (χ0n) is 9.33. The molecule has 94 valence electrons. The smallest absolute Gasteiger partial charge is 0.354 e. The minimum Gasteiger partial charge on any atom is -0.477 e. The second-order valence-electron chi connectivity index (χ2n) is 3.68. The molecule has 0 aliphatic rings. The molecule has 0 aliphatic heterocycles. The summed E-state index contributed by atoms with van der Waals surface area (Å²) >= 11 is 5.99. The number of hydrogen-bond donors (Lipinski definition) is 2. The minimum atomic E-state index is -1.11.